The minimum Gasteiger partial charge on any atom is -0.399 e. The van der Waals surface area contributed by atoms with E-state index in [0.717, 1.165) is 5.46 Å². The summed E-state index contributed by atoms with van der Waals surface area (Å²) in [6.45, 7) is 8.47. The average molecular weight is 492 g/mol. The van der Waals surface area contributed by atoms with Gasteiger partial charge in [0.15, 0.2) is 0 Å². The van der Waals surface area contributed by atoms with E-state index >= 15 is 0 Å². The van der Waals surface area contributed by atoms with Gasteiger partial charge >= 0.3 is 7.12 Å². The molecule has 1 fully saturated rings. The third-order valence-corrected chi connectivity index (χ3v) is 9.52. The monoisotopic (exact) mass is 492 g/mol. The predicted molar refractivity (Wildman–Crippen MR) is 156 cm³/mol. The van der Waals surface area contributed by atoms with Gasteiger partial charge in [0, 0.05) is 0 Å². The Hall–Kier alpha value is -3.66. The highest BCUT2D eigenvalue weighted by Gasteiger charge is 2.55. The van der Waals surface area contributed by atoms with Crippen molar-refractivity contribution in [2.24, 2.45) is 0 Å². The fourth-order valence-corrected chi connectivity index (χ4v) is 7.06. The first-order valence-electron chi connectivity index (χ1n) is 13.5. The molecule has 5 aromatic rings. The molecule has 3 heteroatoms. The molecule has 2 aliphatic carbocycles. The predicted octanol–water partition coefficient (Wildman–Crippen LogP) is 7.48. The zero-order valence-corrected chi connectivity index (χ0v) is 22.2. The molecule has 0 aromatic heterocycles. The smallest absolute Gasteiger partial charge is 0.399 e. The summed E-state index contributed by atoms with van der Waals surface area (Å²) in [6, 6.07) is 38.2. The Morgan fingerprint density at radius 2 is 1.08 bits per heavy atom. The molecule has 1 aliphatic heterocycles. The van der Waals surface area contributed by atoms with E-state index in [1.807, 2.05) is 0 Å². The first-order valence-corrected chi connectivity index (χ1v) is 13.5. The number of hydrogen-bond acceptors (Lipinski definition) is 2. The lowest BCUT2D eigenvalue weighted by Gasteiger charge is -2.32. The van der Waals surface area contributed by atoms with E-state index in [9.17, 15) is 0 Å². The summed E-state index contributed by atoms with van der Waals surface area (Å²) >= 11 is 0. The lowest BCUT2D eigenvalue weighted by Crippen LogP contribution is -2.41. The third-order valence-electron chi connectivity index (χ3n) is 9.52. The first kappa shape index (κ1) is 22.3. The van der Waals surface area contributed by atoms with Gasteiger partial charge in [0.25, 0.3) is 0 Å². The zero-order valence-electron chi connectivity index (χ0n) is 22.2. The van der Waals surface area contributed by atoms with Gasteiger partial charge in [-0.05, 0) is 88.4 Å². The van der Waals surface area contributed by atoms with Gasteiger partial charge in [0.1, 0.15) is 0 Å². The topological polar surface area (TPSA) is 18.5 Å². The van der Waals surface area contributed by atoms with Crippen LogP contribution in [0.5, 0.6) is 0 Å². The molecule has 8 rings (SSSR count). The molecule has 1 atom stereocenters. The van der Waals surface area contributed by atoms with Crippen LogP contribution in [0.1, 0.15) is 49.9 Å². The van der Waals surface area contributed by atoms with Crippen molar-refractivity contribution in [1.82, 2.24) is 0 Å². The molecule has 1 spiro atoms. The second-order valence-corrected chi connectivity index (χ2v) is 11.9. The summed E-state index contributed by atoms with van der Waals surface area (Å²) in [4.78, 5) is 0. The highest BCUT2D eigenvalue weighted by Crippen LogP contribution is 2.63. The molecule has 0 N–H and O–H groups in total. The largest absolute Gasteiger partial charge is 0.494 e. The molecule has 3 aliphatic rings. The van der Waals surface area contributed by atoms with Crippen LogP contribution in [-0.4, -0.2) is 18.3 Å². The second-order valence-electron chi connectivity index (χ2n) is 11.9. The molecular weight excluding hydrogens is 463 g/mol. The molecule has 0 amide bonds. The number of hydrogen-bond donors (Lipinski definition) is 0. The van der Waals surface area contributed by atoms with Gasteiger partial charge in [0.2, 0.25) is 0 Å². The Balaban J connectivity index is 1.48. The van der Waals surface area contributed by atoms with Crippen molar-refractivity contribution >= 4 is 23.4 Å². The van der Waals surface area contributed by atoms with Gasteiger partial charge in [-0.15, -0.1) is 0 Å². The van der Waals surface area contributed by atoms with Gasteiger partial charge in [-0.3, -0.25) is 0 Å². The summed E-state index contributed by atoms with van der Waals surface area (Å²) in [7, 11) is -0.408. The molecule has 184 valence electrons. The van der Waals surface area contributed by atoms with E-state index in [1.54, 1.807) is 0 Å². The standard InChI is InChI=1S/C35H29BO2/c1-33(2)34(3,4)38-36(37-33)23-18-20-27-25-13-7-9-15-29(25)35(31(27)21-23)30-16-10-8-14-26(30)28-19-17-22-11-5-6-12-24(22)32(28)35/h5-21H,1-4H3. The van der Waals surface area contributed by atoms with Crippen LogP contribution in [0.2, 0.25) is 0 Å². The lowest BCUT2D eigenvalue weighted by atomic mass is 9.67. The van der Waals surface area contributed by atoms with Crippen molar-refractivity contribution in [3.63, 3.8) is 0 Å². The van der Waals surface area contributed by atoms with Crippen molar-refractivity contribution in [3.8, 4) is 22.3 Å². The molecule has 1 unspecified atom stereocenters. The maximum Gasteiger partial charge on any atom is 0.494 e. The summed E-state index contributed by atoms with van der Waals surface area (Å²) in [5, 5.41) is 2.58. The Morgan fingerprint density at radius 1 is 0.526 bits per heavy atom. The molecule has 38 heavy (non-hydrogen) atoms. The molecule has 1 saturated heterocycles. The maximum atomic E-state index is 6.53. The van der Waals surface area contributed by atoms with Crippen LogP contribution in [0, 0.1) is 0 Å². The zero-order chi connectivity index (χ0) is 25.9. The van der Waals surface area contributed by atoms with E-state index in [0.29, 0.717) is 0 Å². The fourth-order valence-electron chi connectivity index (χ4n) is 7.06. The number of rotatable bonds is 1. The molecule has 0 saturated carbocycles. The van der Waals surface area contributed by atoms with E-state index < -0.39 is 12.5 Å². The quantitative estimate of drug-likeness (QED) is 0.221. The number of benzene rings is 5. The normalized spacial score (nSPS) is 21.4. The summed E-state index contributed by atoms with van der Waals surface area (Å²) in [5.74, 6) is 0. The van der Waals surface area contributed by atoms with Crippen LogP contribution in [0.4, 0.5) is 0 Å². The highest BCUT2D eigenvalue weighted by molar-refractivity contribution is 6.62. The Kier molecular flexibility index (Phi) is 4.26. The van der Waals surface area contributed by atoms with E-state index in [2.05, 4.69) is 131 Å². The van der Waals surface area contributed by atoms with E-state index in [4.69, 9.17) is 9.31 Å². The van der Waals surface area contributed by atoms with Crippen LogP contribution in [-0.2, 0) is 14.7 Å². The van der Waals surface area contributed by atoms with Crippen LogP contribution in [0.15, 0.2) is 103 Å². The molecular formula is C35H29BO2. The molecule has 2 nitrogen and oxygen atoms in total. The van der Waals surface area contributed by atoms with Crippen molar-refractivity contribution in [2.75, 3.05) is 0 Å². The van der Waals surface area contributed by atoms with Gasteiger partial charge in [-0.1, -0.05) is 103 Å². The van der Waals surface area contributed by atoms with Gasteiger partial charge in [-0.2, -0.15) is 0 Å². The maximum absolute atomic E-state index is 6.53. The minimum absolute atomic E-state index is 0.389. The Bertz CT molecular complexity index is 1770. The van der Waals surface area contributed by atoms with Crippen LogP contribution >= 0.6 is 0 Å². The van der Waals surface area contributed by atoms with Gasteiger partial charge in [0.05, 0.1) is 16.6 Å². The number of fused-ring (bicyclic) bond motifs is 12. The van der Waals surface area contributed by atoms with Crippen LogP contribution in [0.25, 0.3) is 33.0 Å². The van der Waals surface area contributed by atoms with Crippen molar-refractivity contribution in [1.29, 1.82) is 0 Å². The minimum atomic E-state index is -0.408. The van der Waals surface area contributed by atoms with Crippen molar-refractivity contribution in [3.05, 3.63) is 125 Å². The molecule has 5 aromatic carbocycles. The van der Waals surface area contributed by atoms with Crippen LogP contribution < -0.4 is 5.46 Å². The van der Waals surface area contributed by atoms with Gasteiger partial charge in [-0.25, -0.2) is 0 Å². The summed E-state index contributed by atoms with van der Waals surface area (Å²) in [6.07, 6.45) is 0. The van der Waals surface area contributed by atoms with Gasteiger partial charge < -0.3 is 9.31 Å². The Labute approximate surface area is 224 Å². The SMILES string of the molecule is CC1(C)OB(c2ccc3c(c2)C2(c4ccccc4-3)c3ccccc3-c3ccc4ccccc4c32)OC1(C)C. The molecule has 0 radical (unpaired) electrons. The first-order chi connectivity index (χ1) is 18.3. The Morgan fingerprint density at radius 3 is 1.79 bits per heavy atom. The summed E-state index contributed by atoms with van der Waals surface area (Å²) < 4.78 is 13.1. The summed E-state index contributed by atoms with van der Waals surface area (Å²) in [5.41, 5.74) is 10.5. The molecule has 1 heterocycles. The van der Waals surface area contributed by atoms with Crippen LogP contribution in [0.3, 0.4) is 0 Å². The molecule has 0 bridgehead atoms. The van der Waals surface area contributed by atoms with E-state index in [1.165, 1.54) is 55.3 Å². The highest BCUT2D eigenvalue weighted by atomic mass is 16.7. The fraction of sp³-hybridized carbons (Fsp3) is 0.200. The lowest BCUT2D eigenvalue weighted by molar-refractivity contribution is 0.00578. The third kappa shape index (κ3) is 2.61. The van der Waals surface area contributed by atoms with Crippen molar-refractivity contribution in [2.45, 2.75) is 44.3 Å². The second kappa shape index (κ2) is 7.25. The average Bonchev–Trinajstić information content (AvgIpc) is 3.48. The van der Waals surface area contributed by atoms with E-state index in [-0.39, 0.29) is 11.2 Å². The van der Waals surface area contributed by atoms with Crippen molar-refractivity contribution < 1.29 is 9.31 Å².